The normalized spacial score (nSPS) is 10.6. The largest absolute Gasteiger partial charge is 0.480 e. The van der Waals surface area contributed by atoms with Crippen molar-refractivity contribution in [3.63, 3.8) is 0 Å². The second-order valence-corrected chi connectivity index (χ2v) is 4.31. The van der Waals surface area contributed by atoms with E-state index in [0.717, 1.165) is 31.2 Å². The van der Waals surface area contributed by atoms with Gasteiger partial charge in [-0.3, -0.25) is 9.59 Å². The lowest BCUT2D eigenvalue weighted by molar-refractivity contribution is -0.150. The zero-order valence-corrected chi connectivity index (χ0v) is 10.4. The molecule has 1 rings (SSSR count). The Bertz CT molecular complexity index is 412. The first-order valence-corrected chi connectivity index (χ1v) is 6.10. The first-order chi connectivity index (χ1) is 8.56. The van der Waals surface area contributed by atoms with Crippen molar-refractivity contribution in [1.82, 2.24) is 0 Å². The third kappa shape index (κ3) is 3.87. The molecule has 0 spiro atoms. The molecule has 0 aromatic heterocycles. The van der Waals surface area contributed by atoms with Gasteiger partial charge in [0.05, 0.1) is 0 Å². The standard InChI is InChI=1S/C14H18O4/c1-2-3-4-6-10-7-5-8-11(9-10)12(13(15)16)14(17)18/h5,7-9,12H,2-4,6H2,1H3,(H,15,16)(H,17,18). The summed E-state index contributed by atoms with van der Waals surface area (Å²) in [5.74, 6) is -4.13. The fraction of sp³-hybridized carbons (Fsp3) is 0.429. The van der Waals surface area contributed by atoms with Gasteiger partial charge in [0.25, 0.3) is 0 Å². The number of carboxylic acid groups (broad SMARTS) is 2. The third-order valence-corrected chi connectivity index (χ3v) is 2.85. The molecule has 18 heavy (non-hydrogen) atoms. The van der Waals surface area contributed by atoms with E-state index >= 15 is 0 Å². The van der Waals surface area contributed by atoms with Crippen LogP contribution in [0.15, 0.2) is 24.3 Å². The van der Waals surface area contributed by atoms with Gasteiger partial charge in [-0.2, -0.15) is 0 Å². The molecule has 0 saturated carbocycles. The van der Waals surface area contributed by atoms with E-state index in [2.05, 4.69) is 6.92 Å². The summed E-state index contributed by atoms with van der Waals surface area (Å²) in [6, 6.07) is 6.86. The summed E-state index contributed by atoms with van der Waals surface area (Å²) in [5, 5.41) is 17.8. The summed E-state index contributed by atoms with van der Waals surface area (Å²) in [5.41, 5.74) is 1.33. The molecular formula is C14H18O4. The predicted octanol–water partition coefficient (Wildman–Crippen LogP) is 2.67. The van der Waals surface area contributed by atoms with Crippen molar-refractivity contribution in [1.29, 1.82) is 0 Å². The van der Waals surface area contributed by atoms with E-state index < -0.39 is 17.9 Å². The number of carboxylic acids is 2. The molecule has 0 amide bonds. The molecule has 98 valence electrons. The molecular weight excluding hydrogens is 232 g/mol. The quantitative estimate of drug-likeness (QED) is 0.576. The van der Waals surface area contributed by atoms with E-state index in [9.17, 15) is 9.59 Å². The third-order valence-electron chi connectivity index (χ3n) is 2.85. The molecule has 1 aromatic carbocycles. The monoisotopic (exact) mass is 250 g/mol. The Morgan fingerprint density at radius 2 is 1.83 bits per heavy atom. The molecule has 0 atom stereocenters. The van der Waals surface area contributed by atoms with E-state index in [4.69, 9.17) is 10.2 Å². The van der Waals surface area contributed by atoms with Crippen LogP contribution in [0.1, 0.15) is 43.2 Å². The van der Waals surface area contributed by atoms with Crippen molar-refractivity contribution in [2.75, 3.05) is 0 Å². The van der Waals surface area contributed by atoms with Gasteiger partial charge in [-0.25, -0.2) is 0 Å². The second kappa shape index (κ2) is 6.79. The van der Waals surface area contributed by atoms with Crippen LogP contribution < -0.4 is 0 Å². The highest BCUT2D eigenvalue weighted by Crippen LogP contribution is 2.19. The Morgan fingerprint density at radius 3 is 2.39 bits per heavy atom. The van der Waals surface area contributed by atoms with Crippen molar-refractivity contribution < 1.29 is 19.8 Å². The van der Waals surface area contributed by atoms with Gasteiger partial charge < -0.3 is 10.2 Å². The van der Waals surface area contributed by atoms with Gasteiger partial charge in [0.1, 0.15) is 0 Å². The lowest BCUT2D eigenvalue weighted by Gasteiger charge is -2.09. The number of aryl methyl sites for hydroxylation is 1. The van der Waals surface area contributed by atoms with Crippen LogP contribution in [0.25, 0.3) is 0 Å². The number of unbranched alkanes of at least 4 members (excludes halogenated alkanes) is 2. The highest BCUT2D eigenvalue weighted by Gasteiger charge is 2.27. The van der Waals surface area contributed by atoms with Crippen molar-refractivity contribution in [3.8, 4) is 0 Å². The number of rotatable bonds is 7. The highest BCUT2D eigenvalue weighted by atomic mass is 16.4. The van der Waals surface area contributed by atoms with Crippen LogP contribution in [0.2, 0.25) is 0 Å². The maximum absolute atomic E-state index is 10.9. The topological polar surface area (TPSA) is 74.6 Å². The van der Waals surface area contributed by atoms with E-state index in [-0.39, 0.29) is 0 Å². The van der Waals surface area contributed by atoms with E-state index in [1.807, 2.05) is 6.07 Å². The molecule has 4 heteroatoms. The van der Waals surface area contributed by atoms with Gasteiger partial charge in [0.15, 0.2) is 5.92 Å². The van der Waals surface area contributed by atoms with Crippen molar-refractivity contribution in [2.45, 2.75) is 38.5 Å². The summed E-state index contributed by atoms with van der Waals surface area (Å²) in [6.45, 7) is 2.11. The summed E-state index contributed by atoms with van der Waals surface area (Å²) in [7, 11) is 0. The zero-order valence-electron chi connectivity index (χ0n) is 10.4. The Labute approximate surface area is 106 Å². The molecule has 0 heterocycles. The molecule has 0 aliphatic heterocycles. The van der Waals surface area contributed by atoms with Crippen molar-refractivity contribution in [3.05, 3.63) is 35.4 Å². The zero-order chi connectivity index (χ0) is 13.5. The lowest BCUT2D eigenvalue weighted by Crippen LogP contribution is -2.21. The fourth-order valence-electron chi connectivity index (χ4n) is 1.90. The lowest BCUT2D eigenvalue weighted by atomic mass is 9.96. The molecule has 0 aliphatic carbocycles. The van der Waals surface area contributed by atoms with Crippen LogP contribution in [0.5, 0.6) is 0 Å². The predicted molar refractivity (Wildman–Crippen MR) is 67.7 cm³/mol. The molecule has 1 aromatic rings. The molecule has 0 unspecified atom stereocenters. The molecule has 0 saturated heterocycles. The maximum Gasteiger partial charge on any atom is 0.322 e. The minimum atomic E-state index is -1.48. The van der Waals surface area contributed by atoms with Crippen LogP contribution in [-0.2, 0) is 16.0 Å². The summed E-state index contributed by atoms with van der Waals surface area (Å²) >= 11 is 0. The van der Waals surface area contributed by atoms with Crippen LogP contribution in [0.4, 0.5) is 0 Å². The number of hydrogen-bond acceptors (Lipinski definition) is 2. The van der Waals surface area contributed by atoms with Crippen LogP contribution >= 0.6 is 0 Å². The number of aliphatic carboxylic acids is 2. The van der Waals surface area contributed by atoms with E-state index in [1.54, 1.807) is 18.2 Å². The molecule has 0 aliphatic rings. The van der Waals surface area contributed by atoms with E-state index in [1.165, 1.54) is 0 Å². The summed E-state index contributed by atoms with van der Waals surface area (Å²) in [4.78, 5) is 21.9. The van der Waals surface area contributed by atoms with Gasteiger partial charge in [0, 0.05) is 0 Å². The van der Waals surface area contributed by atoms with Crippen LogP contribution in [0, 0.1) is 0 Å². The maximum atomic E-state index is 10.9. The molecule has 0 bridgehead atoms. The summed E-state index contributed by atoms with van der Waals surface area (Å²) < 4.78 is 0. The second-order valence-electron chi connectivity index (χ2n) is 4.31. The molecule has 4 nitrogen and oxygen atoms in total. The summed E-state index contributed by atoms with van der Waals surface area (Å²) in [6.07, 6.45) is 4.12. The SMILES string of the molecule is CCCCCc1cccc(C(C(=O)O)C(=O)O)c1. The smallest absolute Gasteiger partial charge is 0.322 e. The average molecular weight is 250 g/mol. The number of benzene rings is 1. The van der Waals surface area contributed by atoms with Gasteiger partial charge in [0.2, 0.25) is 0 Å². The van der Waals surface area contributed by atoms with Gasteiger partial charge in [-0.1, -0.05) is 44.0 Å². The average Bonchev–Trinajstić information content (AvgIpc) is 2.29. The van der Waals surface area contributed by atoms with Crippen LogP contribution in [0.3, 0.4) is 0 Å². The number of carbonyl (C=O) groups is 2. The van der Waals surface area contributed by atoms with Gasteiger partial charge in [-0.05, 0) is 24.0 Å². The molecule has 0 radical (unpaired) electrons. The minimum Gasteiger partial charge on any atom is -0.480 e. The van der Waals surface area contributed by atoms with Crippen molar-refractivity contribution >= 4 is 11.9 Å². The highest BCUT2D eigenvalue weighted by molar-refractivity contribution is 5.99. The fourth-order valence-corrected chi connectivity index (χ4v) is 1.90. The minimum absolute atomic E-state index is 0.337. The van der Waals surface area contributed by atoms with Crippen LogP contribution in [-0.4, -0.2) is 22.2 Å². The Balaban J connectivity index is 2.85. The Morgan fingerprint density at radius 1 is 1.17 bits per heavy atom. The number of hydrogen-bond donors (Lipinski definition) is 2. The Hall–Kier alpha value is -1.84. The molecule has 2 N–H and O–H groups in total. The first kappa shape index (κ1) is 14.2. The van der Waals surface area contributed by atoms with Gasteiger partial charge in [-0.15, -0.1) is 0 Å². The first-order valence-electron chi connectivity index (χ1n) is 6.10. The van der Waals surface area contributed by atoms with Crippen molar-refractivity contribution in [2.24, 2.45) is 0 Å². The van der Waals surface area contributed by atoms with Gasteiger partial charge >= 0.3 is 11.9 Å². The van der Waals surface area contributed by atoms with E-state index in [0.29, 0.717) is 5.56 Å². The Kier molecular flexibility index (Phi) is 5.36. The molecule has 0 fully saturated rings.